The molecular weight excluding hydrogens is 410 g/mol. The quantitative estimate of drug-likeness (QED) is 0.607. The third kappa shape index (κ3) is 3.93. The molecule has 0 aliphatic heterocycles. The molecule has 0 bridgehead atoms. The van der Waals surface area contributed by atoms with E-state index in [1.54, 1.807) is 50.6 Å². The third-order valence-electron chi connectivity index (χ3n) is 3.68. The summed E-state index contributed by atoms with van der Waals surface area (Å²) < 4.78 is 6.04. The molecular formula is C15H17BrClN7O. The summed E-state index contributed by atoms with van der Waals surface area (Å²) in [5, 5.41) is 13.2. The molecule has 3 rings (SSSR count). The van der Waals surface area contributed by atoms with Crippen LogP contribution in [0.2, 0.25) is 5.02 Å². The minimum absolute atomic E-state index is 0.180. The van der Waals surface area contributed by atoms with E-state index in [1.165, 1.54) is 0 Å². The Morgan fingerprint density at radius 1 is 1.32 bits per heavy atom. The van der Waals surface area contributed by atoms with Gasteiger partial charge in [0.15, 0.2) is 0 Å². The monoisotopic (exact) mass is 425 g/mol. The molecule has 0 aromatic carbocycles. The van der Waals surface area contributed by atoms with Gasteiger partial charge in [0, 0.05) is 26.0 Å². The van der Waals surface area contributed by atoms with Crippen LogP contribution >= 0.6 is 27.5 Å². The molecule has 0 fully saturated rings. The zero-order chi connectivity index (χ0) is 18.0. The summed E-state index contributed by atoms with van der Waals surface area (Å²) in [4.78, 5) is 14.2. The van der Waals surface area contributed by atoms with E-state index in [-0.39, 0.29) is 5.91 Å². The number of carbonyl (C=O) groups excluding carboxylic acids is 1. The molecule has 1 amide bonds. The SMILES string of the molecule is CCn1ncc(Cl)c1CN(C)C(=O)c1ccn(Cn2cc(Br)cn2)n1. The minimum Gasteiger partial charge on any atom is -0.334 e. The van der Waals surface area contributed by atoms with Gasteiger partial charge in [0.05, 0.1) is 34.1 Å². The van der Waals surface area contributed by atoms with Crippen molar-refractivity contribution in [2.45, 2.75) is 26.7 Å². The Labute approximate surface area is 158 Å². The zero-order valence-electron chi connectivity index (χ0n) is 13.8. The molecule has 0 saturated carbocycles. The van der Waals surface area contributed by atoms with Gasteiger partial charge >= 0.3 is 0 Å². The fourth-order valence-electron chi connectivity index (χ4n) is 2.43. The van der Waals surface area contributed by atoms with Gasteiger partial charge in [-0.3, -0.25) is 14.2 Å². The average Bonchev–Trinajstić information content (AvgIpc) is 3.29. The summed E-state index contributed by atoms with van der Waals surface area (Å²) in [7, 11) is 1.72. The number of hydrogen-bond donors (Lipinski definition) is 0. The highest BCUT2D eigenvalue weighted by molar-refractivity contribution is 9.10. The van der Waals surface area contributed by atoms with Crippen molar-refractivity contribution in [2.75, 3.05) is 7.05 Å². The molecule has 0 spiro atoms. The Kier molecular flexibility index (Phi) is 5.24. The Balaban J connectivity index is 1.69. The van der Waals surface area contributed by atoms with Gasteiger partial charge in [0.25, 0.3) is 5.91 Å². The maximum atomic E-state index is 12.6. The molecule has 3 aromatic rings. The van der Waals surface area contributed by atoms with Crippen LogP contribution in [-0.2, 0) is 19.8 Å². The highest BCUT2D eigenvalue weighted by atomic mass is 79.9. The molecule has 25 heavy (non-hydrogen) atoms. The lowest BCUT2D eigenvalue weighted by molar-refractivity contribution is 0.0774. The van der Waals surface area contributed by atoms with E-state index >= 15 is 0 Å². The third-order valence-corrected chi connectivity index (χ3v) is 4.41. The van der Waals surface area contributed by atoms with Crippen molar-refractivity contribution >= 4 is 33.4 Å². The maximum absolute atomic E-state index is 12.6. The van der Waals surface area contributed by atoms with Crippen LogP contribution < -0.4 is 0 Å². The number of nitrogens with zero attached hydrogens (tertiary/aromatic N) is 7. The predicted octanol–water partition coefficient (Wildman–Crippen LogP) is 2.49. The van der Waals surface area contributed by atoms with E-state index in [9.17, 15) is 4.79 Å². The van der Waals surface area contributed by atoms with Gasteiger partial charge in [-0.05, 0) is 28.9 Å². The van der Waals surface area contributed by atoms with Crippen LogP contribution in [-0.4, -0.2) is 47.2 Å². The van der Waals surface area contributed by atoms with Gasteiger partial charge in [-0.2, -0.15) is 15.3 Å². The van der Waals surface area contributed by atoms with E-state index in [0.717, 1.165) is 10.2 Å². The van der Waals surface area contributed by atoms with Crippen molar-refractivity contribution in [2.24, 2.45) is 0 Å². The maximum Gasteiger partial charge on any atom is 0.274 e. The van der Waals surface area contributed by atoms with Crippen molar-refractivity contribution in [3.63, 3.8) is 0 Å². The van der Waals surface area contributed by atoms with Crippen LogP contribution in [0.4, 0.5) is 0 Å². The normalized spacial score (nSPS) is 11.0. The van der Waals surface area contributed by atoms with Gasteiger partial charge in [0.2, 0.25) is 0 Å². The smallest absolute Gasteiger partial charge is 0.274 e. The largest absolute Gasteiger partial charge is 0.334 e. The fourth-order valence-corrected chi connectivity index (χ4v) is 2.96. The van der Waals surface area contributed by atoms with Crippen molar-refractivity contribution < 1.29 is 4.79 Å². The van der Waals surface area contributed by atoms with Crippen LogP contribution in [0.5, 0.6) is 0 Å². The molecule has 0 atom stereocenters. The molecule has 8 nitrogen and oxygen atoms in total. The lowest BCUT2D eigenvalue weighted by Crippen LogP contribution is -2.28. The first kappa shape index (κ1) is 17.7. The fraction of sp³-hybridized carbons (Fsp3) is 0.333. The molecule has 0 radical (unpaired) electrons. The van der Waals surface area contributed by atoms with E-state index in [2.05, 4.69) is 31.2 Å². The summed E-state index contributed by atoms with van der Waals surface area (Å²) >= 11 is 9.51. The first-order chi connectivity index (χ1) is 12.0. The Morgan fingerprint density at radius 2 is 2.12 bits per heavy atom. The zero-order valence-corrected chi connectivity index (χ0v) is 16.1. The van der Waals surface area contributed by atoms with Gasteiger partial charge in [-0.25, -0.2) is 4.68 Å². The standard InChI is InChI=1S/C15H17BrClN7O/c1-3-24-14(12(17)7-19-24)9-21(2)15(25)13-4-5-22(20-13)10-23-8-11(16)6-18-23/h4-8H,3,9-10H2,1-2H3. The second-order valence-corrected chi connectivity index (χ2v) is 6.82. The molecule has 3 heterocycles. The molecule has 10 heteroatoms. The van der Waals surface area contributed by atoms with E-state index < -0.39 is 0 Å². The molecule has 0 saturated heterocycles. The lowest BCUT2D eigenvalue weighted by Gasteiger charge is -2.17. The topological polar surface area (TPSA) is 73.8 Å². The predicted molar refractivity (Wildman–Crippen MR) is 96.3 cm³/mol. The van der Waals surface area contributed by atoms with Crippen LogP contribution in [0.15, 0.2) is 35.3 Å². The molecule has 0 N–H and O–H groups in total. The van der Waals surface area contributed by atoms with Crippen molar-refractivity contribution in [1.29, 1.82) is 0 Å². The molecule has 0 aliphatic rings. The number of rotatable bonds is 6. The van der Waals surface area contributed by atoms with Crippen LogP contribution in [0, 0.1) is 0 Å². The van der Waals surface area contributed by atoms with Crippen molar-refractivity contribution in [3.05, 3.63) is 51.7 Å². The average molecular weight is 427 g/mol. The second kappa shape index (κ2) is 7.40. The number of amides is 1. The minimum atomic E-state index is -0.180. The Morgan fingerprint density at radius 3 is 2.80 bits per heavy atom. The van der Waals surface area contributed by atoms with Crippen LogP contribution in [0.3, 0.4) is 0 Å². The van der Waals surface area contributed by atoms with Crippen molar-refractivity contribution in [3.8, 4) is 0 Å². The van der Waals surface area contributed by atoms with Crippen LogP contribution in [0.1, 0.15) is 23.1 Å². The number of carbonyl (C=O) groups is 1. The number of halogens is 2. The number of aromatic nitrogens is 6. The first-order valence-electron chi connectivity index (χ1n) is 7.65. The van der Waals surface area contributed by atoms with E-state index in [0.29, 0.717) is 30.5 Å². The van der Waals surface area contributed by atoms with Gasteiger partial charge in [-0.15, -0.1) is 0 Å². The Hall–Kier alpha value is -2.13. The summed E-state index contributed by atoms with van der Waals surface area (Å²) in [6.07, 6.45) is 6.88. The van der Waals surface area contributed by atoms with Crippen LogP contribution in [0.25, 0.3) is 0 Å². The lowest BCUT2D eigenvalue weighted by atomic mass is 10.3. The second-order valence-electron chi connectivity index (χ2n) is 5.50. The van der Waals surface area contributed by atoms with Gasteiger partial charge < -0.3 is 4.90 Å². The summed E-state index contributed by atoms with van der Waals surface area (Å²) in [5.74, 6) is -0.180. The summed E-state index contributed by atoms with van der Waals surface area (Å²) in [5.41, 5.74) is 1.17. The van der Waals surface area contributed by atoms with Crippen molar-refractivity contribution in [1.82, 2.24) is 34.2 Å². The molecule has 0 unspecified atom stereocenters. The molecule has 3 aromatic heterocycles. The summed E-state index contributed by atoms with van der Waals surface area (Å²) in [6, 6.07) is 1.69. The number of aryl methyl sites for hydroxylation is 1. The number of hydrogen-bond acceptors (Lipinski definition) is 4. The molecule has 0 aliphatic carbocycles. The molecule has 132 valence electrons. The Bertz CT molecular complexity index is 884. The van der Waals surface area contributed by atoms with E-state index in [4.69, 9.17) is 11.6 Å². The van der Waals surface area contributed by atoms with Gasteiger partial charge in [-0.1, -0.05) is 11.6 Å². The van der Waals surface area contributed by atoms with E-state index in [1.807, 2.05) is 13.1 Å². The van der Waals surface area contributed by atoms with Gasteiger partial charge in [0.1, 0.15) is 12.4 Å². The highest BCUT2D eigenvalue weighted by Crippen LogP contribution is 2.17. The first-order valence-corrected chi connectivity index (χ1v) is 8.82. The highest BCUT2D eigenvalue weighted by Gasteiger charge is 2.18. The summed E-state index contributed by atoms with van der Waals surface area (Å²) in [6.45, 7) is 3.46.